The van der Waals surface area contributed by atoms with Gasteiger partial charge in [0.25, 0.3) is 0 Å². The Balaban J connectivity index is 1.24. The van der Waals surface area contributed by atoms with E-state index >= 15 is 0 Å². The number of fused-ring (bicyclic) bond motifs is 1. The molecule has 3 aromatic rings. The molecule has 0 aliphatic carbocycles. The number of sulfonamides is 1. The summed E-state index contributed by atoms with van der Waals surface area (Å²) < 4.78 is 27.7. The van der Waals surface area contributed by atoms with Gasteiger partial charge in [-0.25, -0.2) is 8.42 Å². The average molecular weight is 469 g/mol. The van der Waals surface area contributed by atoms with Gasteiger partial charge in [-0.3, -0.25) is 14.9 Å². The van der Waals surface area contributed by atoms with E-state index < -0.39 is 10.0 Å². The molecule has 1 atom stereocenters. The fourth-order valence-electron chi connectivity index (χ4n) is 4.98. The number of pyridine rings is 1. The summed E-state index contributed by atoms with van der Waals surface area (Å²) in [7, 11) is -3.66. The van der Waals surface area contributed by atoms with Crippen LogP contribution in [0.4, 0.5) is 5.69 Å². The van der Waals surface area contributed by atoms with Gasteiger partial charge < -0.3 is 9.80 Å². The molecule has 1 aromatic carbocycles. The van der Waals surface area contributed by atoms with E-state index in [1.165, 1.54) is 4.31 Å². The number of aromatic amines is 1. The Labute approximate surface area is 193 Å². The van der Waals surface area contributed by atoms with Crippen LogP contribution >= 0.6 is 0 Å². The molecule has 4 heterocycles. The summed E-state index contributed by atoms with van der Waals surface area (Å²) in [6.07, 6.45) is 2.37. The minimum absolute atomic E-state index is 0.0487. The van der Waals surface area contributed by atoms with Crippen molar-refractivity contribution in [1.82, 2.24) is 24.4 Å². The minimum Gasteiger partial charge on any atom is -0.367 e. The quantitative estimate of drug-likeness (QED) is 0.628. The number of aromatic nitrogens is 3. The standard InChI is InChI=1S/C23H28N6O3S/c1-16-22(17(2)26-25-16)33(31,32)29-10-8-18(15-29)23(30)28-13-11-27(12-14-28)21-7-9-24-20-6-4-3-5-19(20)21/h3-7,9,18H,8,10-15H2,1-2H3,(H,25,26). The molecule has 2 aliphatic rings. The zero-order valence-electron chi connectivity index (χ0n) is 18.9. The van der Waals surface area contributed by atoms with Gasteiger partial charge in [0.15, 0.2) is 0 Å². The Morgan fingerprint density at radius 3 is 2.55 bits per heavy atom. The molecule has 1 unspecified atom stereocenters. The maximum absolute atomic E-state index is 13.2. The first-order valence-electron chi connectivity index (χ1n) is 11.3. The summed E-state index contributed by atoms with van der Waals surface area (Å²) in [5.74, 6) is -0.256. The molecule has 0 spiro atoms. The monoisotopic (exact) mass is 468 g/mol. The lowest BCUT2D eigenvalue weighted by molar-refractivity contribution is -0.135. The van der Waals surface area contributed by atoms with E-state index in [1.807, 2.05) is 35.4 Å². The van der Waals surface area contributed by atoms with Crippen LogP contribution in [0.15, 0.2) is 41.4 Å². The van der Waals surface area contributed by atoms with Crippen molar-refractivity contribution in [2.75, 3.05) is 44.2 Å². The van der Waals surface area contributed by atoms with E-state index in [4.69, 9.17) is 0 Å². The number of rotatable bonds is 4. The average Bonchev–Trinajstić information content (AvgIpc) is 3.46. The van der Waals surface area contributed by atoms with Gasteiger partial charge in [0, 0.05) is 56.5 Å². The number of carbonyl (C=O) groups excluding carboxylic acids is 1. The van der Waals surface area contributed by atoms with E-state index in [9.17, 15) is 13.2 Å². The molecule has 2 fully saturated rings. The number of para-hydroxylation sites is 1. The van der Waals surface area contributed by atoms with Gasteiger partial charge in [-0.1, -0.05) is 18.2 Å². The molecule has 9 nitrogen and oxygen atoms in total. The number of piperazine rings is 1. The molecule has 0 saturated carbocycles. The summed E-state index contributed by atoms with van der Waals surface area (Å²) in [4.78, 5) is 22.1. The number of amides is 1. The SMILES string of the molecule is Cc1n[nH]c(C)c1S(=O)(=O)N1CCC(C(=O)N2CCN(c3ccnc4ccccc34)CC2)C1. The van der Waals surface area contributed by atoms with Gasteiger partial charge in [0.05, 0.1) is 22.8 Å². The van der Waals surface area contributed by atoms with Crippen molar-refractivity contribution < 1.29 is 13.2 Å². The molecule has 10 heteroatoms. The first-order valence-corrected chi connectivity index (χ1v) is 12.7. The molecule has 2 saturated heterocycles. The fourth-order valence-corrected chi connectivity index (χ4v) is 6.81. The van der Waals surface area contributed by atoms with Gasteiger partial charge in [0.2, 0.25) is 15.9 Å². The third-order valence-electron chi connectivity index (χ3n) is 6.72. The third-order valence-corrected chi connectivity index (χ3v) is 8.85. The molecular formula is C23H28N6O3S. The van der Waals surface area contributed by atoms with E-state index in [-0.39, 0.29) is 23.3 Å². The number of anilines is 1. The van der Waals surface area contributed by atoms with Crippen molar-refractivity contribution in [3.8, 4) is 0 Å². The van der Waals surface area contributed by atoms with E-state index in [0.717, 1.165) is 29.7 Å². The number of H-pyrrole nitrogens is 1. The van der Waals surface area contributed by atoms with Gasteiger partial charge in [-0.15, -0.1) is 0 Å². The largest absolute Gasteiger partial charge is 0.367 e. The normalized spacial score (nSPS) is 20.0. The van der Waals surface area contributed by atoms with Gasteiger partial charge in [0.1, 0.15) is 4.90 Å². The second-order valence-electron chi connectivity index (χ2n) is 8.77. The number of nitrogens with one attached hydrogen (secondary N) is 1. The summed E-state index contributed by atoms with van der Waals surface area (Å²) in [6, 6.07) is 10.1. The predicted octanol–water partition coefficient (Wildman–Crippen LogP) is 1.93. The smallest absolute Gasteiger partial charge is 0.246 e. The summed E-state index contributed by atoms with van der Waals surface area (Å²) in [6.45, 7) is 6.69. The Bertz CT molecular complexity index is 1270. The Morgan fingerprint density at radius 2 is 1.82 bits per heavy atom. The highest BCUT2D eigenvalue weighted by Crippen LogP contribution is 2.30. The number of hydrogen-bond acceptors (Lipinski definition) is 6. The first kappa shape index (κ1) is 21.8. The third kappa shape index (κ3) is 3.87. The lowest BCUT2D eigenvalue weighted by Crippen LogP contribution is -2.50. The lowest BCUT2D eigenvalue weighted by Gasteiger charge is -2.37. The summed E-state index contributed by atoms with van der Waals surface area (Å²) >= 11 is 0. The minimum atomic E-state index is -3.66. The number of aryl methyl sites for hydroxylation is 2. The summed E-state index contributed by atoms with van der Waals surface area (Å²) in [5.41, 5.74) is 3.09. The predicted molar refractivity (Wildman–Crippen MR) is 125 cm³/mol. The number of carbonyl (C=O) groups is 1. The molecule has 0 radical (unpaired) electrons. The Kier molecular flexibility index (Phi) is 5.57. The van der Waals surface area contributed by atoms with Gasteiger partial charge in [-0.05, 0) is 32.4 Å². The van der Waals surface area contributed by atoms with Crippen LogP contribution in [0, 0.1) is 19.8 Å². The highest BCUT2D eigenvalue weighted by molar-refractivity contribution is 7.89. The number of nitrogens with zero attached hydrogens (tertiary/aromatic N) is 5. The lowest BCUT2D eigenvalue weighted by atomic mass is 10.1. The highest BCUT2D eigenvalue weighted by Gasteiger charge is 2.39. The molecule has 1 amide bonds. The second-order valence-corrected chi connectivity index (χ2v) is 10.6. The van der Waals surface area contributed by atoms with Crippen molar-refractivity contribution in [2.45, 2.75) is 25.2 Å². The van der Waals surface area contributed by atoms with Crippen LogP contribution in [-0.4, -0.2) is 78.0 Å². The van der Waals surface area contributed by atoms with Crippen LogP contribution in [0.25, 0.3) is 10.9 Å². The van der Waals surface area contributed by atoms with Crippen LogP contribution in [-0.2, 0) is 14.8 Å². The van der Waals surface area contributed by atoms with E-state index in [1.54, 1.807) is 13.8 Å². The van der Waals surface area contributed by atoms with Crippen molar-refractivity contribution in [3.63, 3.8) is 0 Å². The van der Waals surface area contributed by atoms with Crippen LogP contribution in [0.5, 0.6) is 0 Å². The first-order chi connectivity index (χ1) is 15.9. The van der Waals surface area contributed by atoms with Crippen LogP contribution < -0.4 is 4.90 Å². The molecular weight excluding hydrogens is 440 g/mol. The molecule has 5 rings (SSSR count). The number of hydrogen-bond donors (Lipinski definition) is 1. The van der Waals surface area contributed by atoms with E-state index in [0.29, 0.717) is 37.4 Å². The maximum atomic E-state index is 13.2. The second kappa shape index (κ2) is 8.42. The zero-order chi connectivity index (χ0) is 23.2. The summed E-state index contributed by atoms with van der Waals surface area (Å²) in [5, 5.41) is 7.87. The highest BCUT2D eigenvalue weighted by atomic mass is 32.2. The molecule has 2 aliphatic heterocycles. The van der Waals surface area contributed by atoms with Gasteiger partial charge in [-0.2, -0.15) is 9.40 Å². The van der Waals surface area contributed by atoms with Crippen molar-refractivity contribution in [2.24, 2.45) is 5.92 Å². The fraction of sp³-hybridized carbons (Fsp3) is 0.435. The van der Waals surface area contributed by atoms with Crippen molar-refractivity contribution >= 4 is 32.5 Å². The molecule has 2 aromatic heterocycles. The molecule has 0 bridgehead atoms. The van der Waals surface area contributed by atoms with E-state index in [2.05, 4.69) is 26.1 Å². The van der Waals surface area contributed by atoms with Crippen molar-refractivity contribution in [1.29, 1.82) is 0 Å². The van der Waals surface area contributed by atoms with Crippen LogP contribution in [0.2, 0.25) is 0 Å². The molecule has 33 heavy (non-hydrogen) atoms. The van der Waals surface area contributed by atoms with Gasteiger partial charge >= 0.3 is 0 Å². The Hall–Kier alpha value is -2.98. The van der Waals surface area contributed by atoms with Crippen LogP contribution in [0.1, 0.15) is 17.8 Å². The molecule has 1 N–H and O–H groups in total. The van der Waals surface area contributed by atoms with Crippen LogP contribution in [0.3, 0.4) is 0 Å². The topological polar surface area (TPSA) is 102 Å². The number of benzene rings is 1. The maximum Gasteiger partial charge on any atom is 0.246 e. The molecule has 174 valence electrons. The zero-order valence-corrected chi connectivity index (χ0v) is 19.7. The van der Waals surface area contributed by atoms with Crippen molar-refractivity contribution in [3.05, 3.63) is 47.9 Å². The Morgan fingerprint density at radius 1 is 1.06 bits per heavy atom.